The minimum absolute atomic E-state index is 0.120. The minimum Gasteiger partial charge on any atom is -0.343 e. The fraction of sp³-hybridized carbons (Fsp3) is 0.471. The Kier molecular flexibility index (Phi) is 5.87. The number of piperidine rings is 1. The van der Waals surface area contributed by atoms with E-state index < -0.39 is 0 Å². The average Bonchev–Trinajstić information content (AvgIpc) is 3.08. The highest BCUT2D eigenvalue weighted by Gasteiger charge is 2.17. The second-order valence-electron chi connectivity index (χ2n) is 5.89. The number of rotatable bonds is 6. The number of benzene rings is 1. The molecule has 0 saturated carbocycles. The summed E-state index contributed by atoms with van der Waals surface area (Å²) in [5, 5.41) is 10.1. The van der Waals surface area contributed by atoms with Crippen LogP contribution in [0.1, 0.15) is 46.4 Å². The summed E-state index contributed by atoms with van der Waals surface area (Å²) in [6.07, 6.45) is 4.32. The van der Waals surface area contributed by atoms with Crippen LogP contribution in [-0.2, 0) is 12.3 Å². The first kappa shape index (κ1) is 17.0. The summed E-state index contributed by atoms with van der Waals surface area (Å²) in [6, 6.07) is 7.87. The molecule has 1 saturated heterocycles. The lowest BCUT2D eigenvalue weighted by Gasteiger charge is -2.23. The summed E-state index contributed by atoms with van der Waals surface area (Å²) >= 11 is 1.63. The number of carbonyl (C=O) groups is 1. The van der Waals surface area contributed by atoms with Gasteiger partial charge in [0, 0.05) is 12.1 Å². The van der Waals surface area contributed by atoms with E-state index in [1.807, 2.05) is 24.5 Å². The molecule has 6 nitrogen and oxygen atoms in total. The first-order valence-electron chi connectivity index (χ1n) is 8.15. The van der Waals surface area contributed by atoms with Crippen molar-refractivity contribution in [2.45, 2.75) is 31.1 Å². The third kappa shape index (κ3) is 4.36. The van der Waals surface area contributed by atoms with E-state index >= 15 is 0 Å². The van der Waals surface area contributed by atoms with Gasteiger partial charge in [0.15, 0.2) is 5.82 Å². The van der Waals surface area contributed by atoms with Gasteiger partial charge in [0.2, 0.25) is 5.89 Å². The maximum absolute atomic E-state index is 12.4. The summed E-state index contributed by atoms with van der Waals surface area (Å²) < 4.78 is 5.12. The molecule has 0 bridgehead atoms. The Labute approximate surface area is 145 Å². The van der Waals surface area contributed by atoms with E-state index in [0.29, 0.717) is 28.9 Å². The molecular weight excluding hydrogens is 324 g/mol. The van der Waals surface area contributed by atoms with Gasteiger partial charge in [0.1, 0.15) is 0 Å². The van der Waals surface area contributed by atoms with Crippen molar-refractivity contribution in [1.82, 2.24) is 20.8 Å². The highest BCUT2D eigenvalue weighted by Crippen LogP contribution is 2.23. The highest BCUT2D eigenvalue weighted by atomic mass is 32.2. The largest absolute Gasteiger partial charge is 0.343 e. The van der Waals surface area contributed by atoms with Crippen LogP contribution in [0.5, 0.6) is 0 Å². The number of hydrogen-bond acceptors (Lipinski definition) is 6. The summed E-state index contributed by atoms with van der Waals surface area (Å²) in [5.74, 6) is 2.15. The monoisotopic (exact) mass is 346 g/mol. The molecule has 2 aromatic rings. The van der Waals surface area contributed by atoms with Crippen molar-refractivity contribution in [1.29, 1.82) is 0 Å². The minimum atomic E-state index is -0.120. The Morgan fingerprint density at radius 2 is 2.42 bits per heavy atom. The Morgan fingerprint density at radius 1 is 1.50 bits per heavy atom. The van der Waals surface area contributed by atoms with Gasteiger partial charge in [0.05, 0.1) is 12.3 Å². The molecule has 0 aliphatic carbocycles. The van der Waals surface area contributed by atoms with Crippen LogP contribution >= 0.6 is 11.8 Å². The van der Waals surface area contributed by atoms with Crippen LogP contribution in [0.15, 0.2) is 28.8 Å². The molecule has 7 heteroatoms. The van der Waals surface area contributed by atoms with Crippen LogP contribution in [0, 0.1) is 0 Å². The normalized spacial score (nSPS) is 17.6. The number of amides is 1. The topological polar surface area (TPSA) is 80.0 Å². The van der Waals surface area contributed by atoms with E-state index in [0.717, 1.165) is 19.5 Å². The summed E-state index contributed by atoms with van der Waals surface area (Å²) in [5.41, 5.74) is 1.89. The van der Waals surface area contributed by atoms with Crippen LogP contribution in [0.25, 0.3) is 0 Å². The predicted octanol–water partition coefficient (Wildman–Crippen LogP) is 2.33. The average molecular weight is 346 g/mol. The van der Waals surface area contributed by atoms with Crippen LogP contribution in [0.4, 0.5) is 0 Å². The molecule has 1 aliphatic rings. The second kappa shape index (κ2) is 8.30. The highest BCUT2D eigenvalue weighted by molar-refractivity contribution is 7.97. The summed E-state index contributed by atoms with van der Waals surface area (Å²) in [6.45, 7) is 2.31. The van der Waals surface area contributed by atoms with E-state index in [9.17, 15) is 4.79 Å². The zero-order chi connectivity index (χ0) is 16.8. The molecule has 1 aromatic heterocycles. The molecule has 1 aliphatic heterocycles. The molecular formula is C17H22N4O2S. The van der Waals surface area contributed by atoms with Crippen LogP contribution in [-0.4, -0.2) is 35.4 Å². The lowest BCUT2D eigenvalue weighted by Crippen LogP contribution is -2.28. The molecule has 2 heterocycles. The fourth-order valence-corrected chi connectivity index (χ4v) is 3.25. The number of thioether (sulfide) groups is 1. The van der Waals surface area contributed by atoms with Gasteiger partial charge < -0.3 is 15.2 Å². The van der Waals surface area contributed by atoms with E-state index in [1.165, 1.54) is 12.0 Å². The number of aromatic nitrogens is 2. The van der Waals surface area contributed by atoms with Crippen molar-refractivity contribution in [3.8, 4) is 0 Å². The van der Waals surface area contributed by atoms with Gasteiger partial charge in [-0.15, -0.1) is 0 Å². The molecule has 1 fully saturated rings. The fourth-order valence-electron chi connectivity index (χ4n) is 2.88. The van der Waals surface area contributed by atoms with E-state index in [4.69, 9.17) is 4.52 Å². The number of nitrogens with one attached hydrogen (secondary N) is 2. The van der Waals surface area contributed by atoms with Crippen molar-refractivity contribution < 1.29 is 9.32 Å². The van der Waals surface area contributed by atoms with Gasteiger partial charge in [-0.05, 0) is 49.3 Å². The standard InChI is InChI=1S/C17H22N4O2S/c1-24-11-15-20-16(23-21-15)10-19-17(22)13-5-2-4-12(8-13)14-6-3-7-18-9-14/h2,4-5,8,14,18H,3,6-7,9-11H2,1H3,(H,19,22)/t14-/m0/s1. The molecule has 0 radical (unpaired) electrons. The quantitative estimate of drug-likeness (QED) is 0.836. The zero-order valence-corrected chi connectivity index (χ0v) is 14.6. The Morgan fingerprint density at radius 3 is 3.21 bits per heavy atom. The molecule has 1 atom stereocenters. The summed E-state index contributed by atoms with van der Waals surface area (Å²) in [4.78, 5) is 16.6. The molecule has 3 rings (SSSR count). The van der Waals surface area contributed by atoms with Crippen molar-refractivity contribution in [3.63, 3.8) is 0 Å². The lowest BCUT2D eigenvalue weighted by atomic mass is 9.90. The molecule has 1 aromatic carbocycles. The number of nitrogens with zero attached hydrogens (tertiary/aromatic N) is 2. The van der Waals surface area contributed by atoms with Gasteiger partial charge >= 0.3 is 0 Å². The maximum Gasteiger partial charge on any atom is 0.251 e. The molecule has 24 heavy (non-hydrogen) atoms. The van der Waals surface area contributed by atoms with Crippen molar-refractivity contribution >= 4 is 17.7 Å². The maximum atomic E-state index is 12.4. The smallest absolute Gasteiger partial charge is 0.251 e. The molecule has 0 spiro atoms. The second-order valence-corrected chi connectivity index (χ2v) is 6.75. The van der Waals surface area contributed by atoms with Gasteiger partial charge in [-0.3, -0.25) is 4.79 Å². The van der Waals surface area contributed by atoms with Gasteiger partial charge in [-0.1, -0.05) is 17.3 Å². The first-order chi connectivity index (χ1) is 11.8. The SMILES string of the molecule is CSCc1noc(CNC(=O)c2cccc([C@H]3CCCNC3)c2)n1. The molecule has 1 amide bonds. The third-order valence-corrected chi connectivity index (χ3v) is 4.65. The van der Waals surface area contributed by atoms with Crippen LogP contribution in [0.2, 0.25) is 0 Å². The van der Waals surface area contributed by atoms with Gasteiger partial charge in [-0.2, -0.15) is 16.7 Å². The zero-order valence-electron chi connectivity index (χ0n) is 13.7. The third-order valence-electron chi connectivity index (χ3n) is 4.10. The lowest BCUT2D eigenvalue weighted by molar-refractivity contribution is 0.0946. The van der Waals surface area contributed by atoms with E-state index in [1.54, 1.807) is 11.8 Å². The number of hydrogen-bond donors (Lipinski definition) is 2. The molecule has 128 valence electrons. The first-order valence-corrected chi connectivity index (χ1v) is 9.55. The van der Waals surface area contributed by atoms with E-state index in [-0.39, 0.29) is 12.5 Å². The van der Waals surface area contributed by atoms with Crippen LogP contribution in [0.3, 0.4) is 0 Å². The van der Waals surface area contributed by atoms with Crippen LogP contribution < -0.4 is 10.6 Å². The molecule has 0 unspecified atom stereocenters. The van der Waals surface area contributed by atoms with Crippen molar-refractivity contribution in [3.05, 3.63) is 47.1 Å². The van der Waals surface area contributed by atoms with E-state index in [2.05, 4.69) is 26.8 Å². The van der Waals surface area contributed by atoms with Crippen molar-refractivity contribution in [2.24, 2.45) is 0 Å². The Hall–Kier alpha value is -1.86. The van der Waals surface area contributed by atoms with Gasteiger partial charge in [-0.25, -0.2) is 0 Å². The van der Waals surface area contributed by atoms with Gasteiger partial charge in [0.25, 0.3) is 5.91 Å². The Bertz CT molecular complexity index is 683. The predicted molar refractivity (Wildman–Crippen MR) is 94.0 cm³/mol. The van der Waals surface area contributed by atoms with Crippen molar-refractivity contribution in [2.75, 3.05) is 19.3 Å². The Balaban J connectivity index is 1.59. The number of carbonyl (C=O) groups excluding carboxylic acids is 1. The summed E-state index contributed by atoms with van der Waals surface area (Å²) in [7, 11) is 0. The molecule has 2 N–H and O–H groups in total.